The van der Waals surface area contributed by atoms with Crippen LogP contribution in [0.15, 0.2) is 0 Å². The lowest BCUT2D eigenvalue weighted by Gasteiger charge is -2.26. The van der Waals surface area contributed by atoms with Gasteiger partial charge in [0.05, 0.1) is 13.2 Å². The number of ether oxygens (including phenoxy) is 1. The monoisotopic (exact) mass is 185 g/mol. The quantitative estimate of drug-likeness (QED) is 0.553. The Morgan fingerprint density at radius 3 is 2.77 bits per heavy atom. The molecule has 1 unspecified atom stereocenters. The van der Waals surface area contributed by atoms with Crippen molar-refractivity contribution >= 4 is 6.29 Å². The van der Waals surface area contributed by atoms with Crippen molar-refractivity contribution in [3.63, 3.8) is 0 Å². The molecule has 3 heteroatoms. The molecule has 0 aromatic carbocycles. The van der Waals surface area contributed by atoms with Crippen LogP contribution in [-0.4, -0.2) is 44.0 Å². The van der Waals surface area contributed by atoms with Gasteiger partial charge in [-0.15, -0.1) is 0 Å². The first-order chi connectivity index (χ1) is 6.29. The van der Waals surface area contributed by atoms with E-state index in [-0.39, 0.29) is 0 Å². The van der Waals surface area contributed by atoms with Crippen LogP contribution >= 0.6 is 0 Å². The van der Waals surface area contributed by atoms with Gasteiger partial charge in [0.15, 0.2) is 0 Å². The molecule has 0 aromatic heterocycles. The van der Waals surface area contributed by atoms with E-state index in [4.69, 9.17) is 4.74 Å². The molecule has 0 N–H and O–H groups in total. The second-order valence-corrected chi connectivity index (χ2v) is 3.73. The Morgan fingerprint density at radius 1 is 1.62 bits per heavy atom. The smallest absolute Gasteiger partial charge is 0.133 e. The van der Waals surface area contributed by atoms with Crippen molar-refractivity contribution in [3.8, 4) is 0 Å². The maximum atomic E-state index is 10.4. The van der Waals surface area contributed by atoms with E-state index in [9.17, 15) is 4.79 Å². The highest BCUT2D eigenvalue weighted by Gasteiger charge is 2.31. The molecule has 1 aliphatic carbocycles. The highest BCUT2D eigenvalue weighted by Crippen LogP contribution is 2.34. The van der Waals surface area contributed by atoms with Crippen molar-refractivity contribution < 1.29 is 9.53 Å². The summed E-state index contributed by atoms with van der Waals surface area (Å²) < 4.78 is 5.01. The molecule has 1 rings (SSSR count). The molecule has 13 heavy (non-hydrogen) atoms. The predicted octanol–water partition coefficient (Wildman–Crippen LogP) is 0.932. The van der Waals surface area contributed by atoms with Gasteiger partial charge < -0.3 is 9.53 Å². The first kappa shape index (κ1) is 10.7. The van der Waals surface area contributed by atoms with Crippen LogP contribution in [0.25, 0.3) is 0 Å². The number of carbonyl (C=O) groups excluding carboxylic acids is 1. The second-order valence-electron chi connectivity index (χ2n) is 3.73. The number of hydrogen-bond acceptors (Lipinski definition) is 3. The summed E-state index contributed by atoms with van der Waals surface area (Å²) >= 11 is 0. The molecule has 0 bridgehead atoms. The van der Waals surface area contributed by atoms with Crippen molar-refractivity contribution in [3.05, 3.63) is 0 Å². The topological polar surface area (TPSA) is 29.5 Å². The van der Waals surface area contributed by atoms with E-state index < -0.39 is 0 Å². The third kappa shape index (κ3) is 3.44. The van der Waals surface area contributed by atoms with Gasteiger partial charge in [0.1, 0.15) is 6.29 Å². The van der Waals surface area contributed by atoms with Gasteiger partial charge in [-0.2, -0.15) is 0 Å². The molecule has 0 aromatic rings. The van der Waals surface area contributed by atoms with Gasteiger partial charge in [-0.3, -0.25) is 4.90 Å². The Labute approximate surface area is 80.1 Å². The average molecular weight is 185 g/mol. The van der Waals surface area contributed by atoms with E-state index in [1.165, 1.54) is 12.8 Å². The van der Waals surface area contributed by atoms with E-state index in [2.05, 4.69) is 11.8 Å². The summed E-state index contributed by atoms with van der Waals surface area (Å²) in [6.07, 6.45) is 3.63. The van der Waals surface area contributed by atoms with Gasteiger partial charge in [0.25, 0.3) is 0 Å². The summed E-state index contributed by atoms with van der Waals surface area (Å²) in [7, 11) is 1.70. The van der Waals surface area contributed by atoms with Crippen LogP contribution < -0.4 is 0 Å². The molecule has 0 aliphatic heterocycles. The Morgan fingerprint density at radius 2 is 2.31 bits per heavy atom. The first-order valence-electron chi connectivity index (χ1n) is 4.96. The maximum absolute atomic E-state index is 10.4. The van der Waals surface area contributed by atoms with Gasteiger partial charge in [0.2, 0.25) is 0 Å². The molecule has 0 spiro atoms. The molecule has 0 heterocycles. The number of methoxy groups -OCH3 is 1. The Balaban J connectivity index is 2.30. The Hall–Kier alpha value is -0.410. The van der Waals surface area contributed by atoms with Crippen LogP contribution in [0.2, 0.25) is 0 Å². The summed E-state index contributed by atoms with van der Waals surface area (Å²) in [5, 5.41) is 0. The Bertz CT molecular complexity index is 157. The van der Waals surface area contributed by atoms with Crippen molar-refractivity contribution in [2.75, 3.05) is 26.8 Å². The largest absolute Gasteiger partial charge is 0.383 e. The molecule has 1 aliphatic rings. The minimum absolute atomic E-state index is 0.542. The van der Waals surface area contributed by atoms with Crippen molar-refractivity contribution in [2.45, 2.75) is 25.8 Å². The fourth-order valence-electron chi connectivity index (χ4n) is 1.64. The first-order valence-corrected chi connectivity index (χ1v) is 4.96. The van der Waals surface area contributed by atoms with Gasteiger partial charge in [-0.25, -0.2) is 0 Å². The fourth-order valence-corrected chi connectivity index (χ4v) is 1.64. The minimum Gasteiger partial charge on any atom is -0.383 e. The average Bonchev–Trinajstić information content (AvgIpc) is 2.94. The summed E-state index contributed by atoms with van der Waals surface area (Å²) in [5.41, 5.74) is 0. The van der Waals surface area contributed by atoms with Crippen LogP contribution in [0.1, 0.15) is 19.8 Å². The van der Waals surface area contributed by atoms with Gasteiger partial charge in [-0.1, -0.05) is 0 Å². The van der Waals surface area contributed by atoms with Crippen LogP contribution in [0.5, 0.6) is 0 Å². The zero-order valence-electron chi connectivity index (χ0n) is 8.53. The van der Waals surface area contributed by atoms with E-state index in [1.807, 2.05) is 0 Å². The van der Waals surface area contributed by atoms with E-state index >= 15 is 0 Å². The Kier molecular flexibility index (Phi) is 4.39. The molecule has 1 atom stereocenters. The summed E-state index contributed by atoms with van der Waals surface area (Å²) in [5.74, 6) is 0.816. The van der Waals surface area contributed by atoms with Crippen LogP contribution in [0, 0.1) is 5.92 Å². The van der Waals surface area contributed by atoms with Crippen LogP contribution in [0.3, 0.4) is 0 Å². The number of rotatable bonds is 7. The highest BCUT2D eigenvalue weighted by atomic mass is 16.5. The SMILES string of the molecule is COCCN(CC=O)C(C)C1CC1. The summed E-state index contributed by atoms with van der Waals surface area (Å²) in [4.78, 5) is 12.6. The maximum Gasteiger partial charge on any atom is 0.133 e. The van der Waals surface area contributed by atoms with Crippen LogP contribution in [0.4, 0.5) is 0 Å². The van der Waals surface area contributed by atoms with Crippen LogP contribution in [-0.2, 0) is 9.53 Å². The molecular formula is C10H19NO2. The van der Waals surface area contributed by atoms with E-state index in [0.717, 1.165) is 18.7 Å². The molecule has 3 nitrogen and oxygen atoms in total. The summed E-state index contributed by atoms with van der Waals surface area (Å²) in [6.45, 7) is 4.33. The zero-order valence-corrected chi connectivity index (χ0v) is 8.53. The van der Waals surface area contributed by atoms with Crippen molar-refractivity contribution in [1.29, 1.82) is 0 Å². The third-order valence-corrected chi connectivity index (χ3v) is 2.77. The molecular weight excluding hydrogens is 166 g/mol. The van der Waals surface area contributed by atoms with E-state index in [0.29, 0.717) is 19.2 Å². The fraction of sp³-hybridized carbons (Fsp3) is 0.900. The van der Waals surface area contributed by atoms with Crippen molar-refractivity contribution in [1.82, 2.24) is 4.90 Å². The lowest BCUT2D eigenvalue weighted by atomic mass is 10.2. The normalized spacial score (nSPS) is 19.0. The number of aldehydes is 1. The van der Waals surface area contributed by atoms with Gasteiger partial charge in [0, 0.05) is 19.7 Å². The molecule has 1 fully saturated rings. The van der Waals surface area contributed by atoms with Gasteiger partial charge in [-0.05, 0) is 25.7 Å². The number of nitrogens with zero attached hydrogens (tertiary/aromatic N) is 1. The lowest BCUT2D eigenvalue weighted by Crippen LogP contribution is -2.38. The molecule has 76 valence electrons. The minimum atomic E-state index is 0.542. The lowest BCUT2D eigenvalue weighted by molar-refractivity contribution is -0.109. The molecule has 0 radical (unpaired) electrons. The number of hydrogen-bond donors (Lipinski definition) is 0. The van der Waals surface area contributed by atoms with Crippen molar-refractivity contribution in [2.24, 2.45) is 5.92 Å². The van der Waals surface area contributed by atoms with E-state index in [1.54, 1.807) is 7.11 Å². The number of carbonyl (C=O) groups is 1. The highest BCUT2D eigenvalue weighted by molar-refractivity contribution is 5.52. The molecule has 1 saturated carbocycles. The predicted molar refractivity (Wildman–Crippen MR) is 51.7 cm³/mol. The second kappa shape index (κ2) is 5.35. The zero-order chi connectivity index (χ0) is 9.68. The molecule has 0 amide bonds. The standard InChI is InChI=1S/C10H19NO2/c1-9(10-3-4-10)11(5-7-12)6-8-13-2/h7,9-10H,3-6,8H2,1-2H3. The third-order valence-electron chi connectivity index (χ3n) is 2.77. The molecule has 0 saturated heterocycles. The summed E-state index contributed by atoms with van der Waals surface area (Å²) in [6, 6.07) is 0.542. The van der Waals surface area contributed by atoms with Gasteiger partial charge >= 0.3 is 0 Å².